The van der Waals surface area contributed by atoms with Crippen molar-refractivity contribution in [1.29, 1.82) is 0 Å². The van der Waals surface area contributed by atoms with Crippen LogP contribution in [0.2, 0.25) is 0 Å². The highest BCUT2D eigenvalue weighted by Crippen LogP contribution is 2.69. The zero-order valence-corrected chi connectivity index (χ0v) is 20.7. The summed E-state index contributed by atoms with van der Waals surface area (Å²) in [5, 5.41) is 30.6. The van der Waals surface area contributed by atoms with Gasteiger partial charge in [0, 0.05) is 0 Å². The van der Waals surface area contributed by atoms with Crippen molar-refractivity contribution in [1.82, 2.24) is 0 Å². The molecule has 2 fully saturated rings. The molecule has 2 saturated carbocycles. The molecule has 35 heavy (non-hydrogen) atoms. The molecule has 7 atom stereocenters. The second kappa shape index (κ2) is 10.3. The van der Waals surface area contributed by atoms with E-state index in [0.717, 1.165) is 57.8 Å². The summed E-state index contributed by atoms with van der Waals surface area (Å²) in [6.07, 6.45) is 6.40. The number of benzene rings is 1. The Bertz CT molecular complexity index is 958. The average Bonchev–Trinajstić information content (AvgIpc) is 3.14. The van der Waals surface area contributed by atoms with E-state index in [1.54, 1.807) is 6.07 Å². The molecule has 0 saturated heterocycles. The maximum Gasteiger partial charge on any atom is 0.304 e. The molecule has 0 aliphatic heterocycles. The lowest BCUT2D eigenvalue weighted by atomic mass is 9.44. The Balaban J connectivity index is 1.49. The zero-order chi connectivity index (χ0) is 25.4. The van der Waals surface area contributed by atoms with E-state index < -0.39 is 18.0 Å². The van der Waals surface area contributed by atoms with Gasteiger partial charge in [-0.1, -0.05) is 44.7 Å². The minimum atomic E-state index is -2.44. The van der Waals surface area contributed by atoms with Crippen molar-refractivity contribution in [2.45, 2.75) is 95.7 Å². The van der Waals surface area contributed by atoms with Crippen molar-refractivity contribution >= 4 is 0 Å². The monoisotopic (exact) mass is 492 g/mol. The van der Waals surface area contributed by atoms with Gasteiger partial charge in [-0.15, -0.1) is 6.58 Å². The van der Waals surface area contributed by atoms with Crippen molar-refractivity contribution in [2.24, 2.45) is 22.7 Å². The van der Waals surface area contributed by atoms with E-state index in [9.17, 15) is 28.5 Å². The Morgan fingerprint density at radius 1 is 1.17 bits per heavy atom. The Hall–Kier alpha value is -1.79. The second-order valence-corrected chi connectivity index (χ2v) is 11.4. The molecule has 1 aromatic rings. The fourth-order valence-electron chi connectivity index (χ4n) is 8.04. The first-order valence-corrected chi connectivity index (χ1v) is 13.2. The summed E-state index contributed by atoms with van der Waals surface area (Å²) in [7, 11) is 0. The van der Waals surface area contributed by atoms with E-state index >= 15 is 0 Å². The van der Waals surface area contributed by atoms with Crippen LogP contribution < -0.4 is 0 Å². The minimum absolute atomic E-state index is 0.00237. The van der Waals surface area contributed by atoms with Crippen molar-refractivity contribution in [3.63, 3.8) is 0 Å². The smallest absolute Gasteiger partial charge is 0.304 e. The summed E-state index contributed by atoms with van der Waals surface area (Å²) < 4.78 is 37.7. The van der Waals surface area contributed by atoms with Crippen molar-refractivity contribution < 1.29 is 28.5 Å². The normalized spacial score (nSPS) is 34.5. The van der Waals surface area contributed by atoms with Crippen LogP contribution >= 0.6 is 0 Å². The quantitative estimate of drug-likeness (QED) is 0.253. The Labute approximate surface area is 206 Å². The lowest BCUT2D eigenvalue weighted by Gasteiger charge is -2.60. The highest BCUT2D eigenvalue weighted by molar-refractivity contribution is 5.43. The van der Waals surface area contributed by atoms with E-state index in [-0.39, 0.29) is 23.4 Å². The molecule has 3 N–H and O–H groups in total. The molecule has 0 radical (unpaired) electrons. The molecule has 4 rings (SSSR count). The third kappa shape index (κ3) is 4.69. The number of aromatic hydroxyl groups is 1. The lowest BCUT2D eigenvalue weighted by molar-refractivity contribution is -0.0812. The SMILES string of the molecule is C=CC12CCc3cc(O)ccc3[C@H]1[C@@H](CCCCCC[C@@H](O)C(F)=C(F)F)C[C@]1(C)[C@@H](O)CC[C@@H]21. The Kier molecular flexibility index (Phi) is 7.73. The summed E-state index contributed by atoms with van der Waals surface area (Å²) in [5.74, 6) is -0.387. The number of hydrogen-bond donors (Lipinski definition) is 3. The molecule has 1 unspecified atom stereocenters. The van der Waals surface area contributed by atoms with Gasteiger partial charge in [0.2, 0.25) is 0 Å². The van der Waals surface area contributed by atoms with Gasteiger partial charge in [0.05, 0.1) is 6.10 Å². The van der Waals surface area contributed by atoms with Crippen LogP contribution in [0.3, 0.4) is 0 Å². The van der Waals surface area contributed by atoms with Crippen molar-refractivity contribution in [3.8, 4) is 5.75 Å². The van der Waals surface area contributed by atoms with Gasteiger partial charge in [0.15, 0.2) is 5.83 Å². The highest BCUT2D eigenvalue weighted by Gasteiger charge is 2.63. The molecule has 0 spiro atoms. The summed E-state index contributed by atoms with van der Waals surface area (Å²) >= 11 is 0. The van der Waals surface area contributed by atoms with Crippen LogP contribution in [-0.2, 0) is 6.42 Å². The van der Waals surface area contributed by atoms with Crippen LogP contribution in [0.5, 0.6) is 5.75 Å². The molecule has 3 nitrogen and oxygen atoms in total. The fourth-order valence-corrected chi connectivity index (χ4v) is 8.04. The maximum atomic E-state index is 13.1. The van der Waals surface area contributed by atoms with E-state index in [1.165, 1.54) is 11.1 Å². The fraction of sp³-hybridized carbons (Fsp3) is 0.655. The molecular formula is C29H39F3O3. The van der Waals surface area contributed by atoms with Crippen LogP contribution in [-0.4, -0.2) is 27.5 Å². The molecule has 194 valence electrons. The third-order valence-electron chi connectivity index (χ3n) is 9.63. The topological polar surface area (TPSA) is 60.7 Å². The largest absolute Gasteiger partial charge is 0.508 e. The van der Waals surface area contributed by atoms with E-state index in [4.69, 9.17) is 0 Å². The first-order chi connectivity index (χ1) is 16.6. The van der Waals surface area contributed by atoms with Crippen molar-refractivity contribution in [3.05, 3.63) is 53.9 Å². The number of halogens is 3. The molecule has 0 bridgehead atoms. The van der Waals surface area contributed by atoms with Gasteiger partial charge in [-0.2, -0.15) is 8.78 Å². The number of rotatable bonds is 9. The molecule has 0 aromatic heterocycles. The summed E-state index contributed by atoms with van der Waals surface area (Å²) in [6.45, 7) is 6.58. The van der Waals surface area contributed by atoms with Gasteiger partial charge in [0.25, 0.3) is 0 Å². The number of phenols is 1. The van der Waals surface area contributed by atoms with Gasteiger partial charge in [0.1, 0.15) is 11.9 Å². The molecule has 3 aliphatic carbocycles. The highest BCUT2D eigenvalue weighted by atomic mass is 19.3. The number of phenolic OH excluding ortho intramolecular Hbond substituents is 1. The molecule has 6 heteroatoms. The summed E-state index contributed by atoms with van der Waals surface area (Å²) in [4.78, 5) is 0. The standard InChI is InChI=1S/C29H39F3O3/c1-3-29-15-14-18-16-20(33)10-11-21(18)25(29)19(17-28(2)23(29)12-13-24(28)35)8-6-4-5-7-9-22(34)26(30)27(31)32/h3,10-11,16,19,22-25,33-35H,1,4-9,12-15,17H2,2H3/t19-,22+,23+,24-,25+,28-,29?/m0/s1. The maximum absolute atomic E-state index is 13.1. The van der Waals surface area contributed by atoms with Gasteiger partial charge < -0.3 is 15.3 Å². The van der Waals surface area contributed by atoms with Crippen molar-refractivity contribution in [2.75, 3.05) is 0 Å². The summed E-state index contributed by atoms with van der Waals surface area (Å²) in [6, 6.07) is 5.77. The van der Waals surface area contributed by atoms with E-state index in [2.05, 4.69) is 25.6 Å². The van der Waals surface area contributed by atoms with Crippen LogP contribution in [0, 0.1) is 22.7 Å². The number of aliphatic hydroxyl groups is 2. The average molecular weight is 493 g/mol. The van der Waals surface area contributed by atoms with E-state index in [1.807, 2.05) is 6.07 Å². The molecule has 0 amide bonds. The summed E-state index contributed by atoms with van der Waals surface area (Å²) in [5.41, 5.74) is 2.29. The lowest BCUT2D eigenvalue weighted by Crippen LogP contribution is -2.54. The van der Waals surface area contributed by atoms with Gasteiger partial charge >= 0.3 is 6.08 Å². The predicted octanol–water partition coefficient (Wildman–Crippen LogP) is 7.17. The molecule has 3 aliphatic rings. The Morgan fingerprint density at radius 3 is 2.63 bits per heavy atom. The van der Waals surface area contributed by atoms with Crippen LogP contribution in [0.1, 0.15) is 88.2 Å². The Morgan fingerprint density at radius 2 is 1.91 bits per heavy atom. The number of unbranched alkanes of at least 4 members (excludes halogenated alkanes) is 3. The van der Waals surface area contributed by atoms with Gasteiger partial charge in [-0.3, -0.25) is 0 Å². The van der Waals surface area contributed by atoms with Crippen LogP contribution in [0.25, 0.3) is 0 Å². The van der Waals surface area contributed by atoms with Crippen LogP contribution in [0.15, 0.2) is 42.8 Å². The second-order valence-electron chi connectivity index (χ2n) is 11.4. The van der Waals surface area contributed by atoms with Gasteiger partial charge in [-0.25, -0.2) is 4.39 Å². The van der Waals surface area contributed by atoms with E-state index in [0.29, 0.717) is 29.9 Å². The first kappa shape index (κ1) is 26.3. The molecular weight excluding hydrogens is 453 g/mol. The molecule has 0 heterocycles. The predicted molar refractivity (Wildman–Crippen MR) is 131 cm³/mol. The van der Waals surface area contributed by atoms with Crippen LogP contribution in [0.4, 0.5) is 13.2 Å². The number of aryl methyl sites for hydroxylation is 1. The zero-order valence-electron chi connectivity index (χ0n) is 20.7. The number of hydrogen-bond acceptors (Lipinski definition) is 3. The number of aliphatic hydroxyl groups excluding tert-OH is 2. The van der Waals surface area contributed by atoms with Gasteiger partial charge in [-0.05, 0) is 96.8 Å². The first-order valence-electron chi connectivity index (χ1n) is 13.2. The number of fused-ring (bicyclic) bond motifs is 5. The third-order valence-corrected chi connectivity index (χ3v) is 9.63. The minimum Gasteiger partial charge on any atom is -0.508 e. The number of allylic oxidation sites excluding steroid dienone is 1. The molecule has 1 aromatic carbocycles.